The van der Waals surface area contributed by atoms with Gasteiger partial charge in [0.1, 0.15) is 5.82 Å². The van der Waals surface area contributed by atoms with Crippen LogP contribution in [0.25, 0.3) is 0 Å². The molecule has 3 rings (SSSR count). The van der Waals surface area contributed by atoms with Crippen LogP contribution in [-0.2, 0) is 0 Å². The molecule has 19 heavy (non-hydrogen) atoms. The minimum atomic E-state index is -2.24. The van der Waals surface area contributed by atoms with Crippen molar-refractivity contribution in [1.29, 1.82) is 0 Å². The molecule has 2 aliphatic rings. The molecule has 2 amide bonds. The summed E-state index contributed by atoms with van der Waals surface area (Å²) in [5, 5.41) is 7.96. The zero-order chi connectivity index (χ0) is 14.2. The highest BCUT2D eigenvalue weighted by Gasteiger charge is 2.51. The molecule has 1 aromatic heterocycles. The number of rotatable bonds is 0. The third kappa shape index (κ3) is 1.37. The van der Waals surface area contributed by atoms with Crippen molar-refractivity contribution in [2.75, 3.05) is 10.6 Å². The highest BCUT2D eigenvalue weighted by molar-refractivity contribution is 7.20. The number of hydrogen-bond acceptors (Lipinski definition) is 3. The van der Waals surface area contributed by atoms with Crippen LogP contribution in [-0.4, -0.2) is 32.2 Å². The van der Waals surface area contributed by atoms with Crippen LogP contribution in [0, 0.1) is 6.92 Å². The topological polar surface area (TPSA) is 71.1 Å². The van der Waals surface area contributed by atoms with Crippen molar-refractivity contribution in [1.82, 2.24) is 4.98 Å². The SMILES string of the molecule is Cc1nc2c(c3c1[Si](C)(C)C(=O)N3)[Si](C)(C)C(=O)N2. The summed E-state index contributed by atoms with van der Waals surface area (Å²) in [5.74, 6) is 0.657. The molecule has 1 aromatic rings. The van der Waals surface area contributed by atoms with Crippen LogP contribution in [0.5, 0.6) is 0 Å². The van der Waals surface area contributed by atoms with Crippen LogP contribution in [0.1, 0.15) is 5.69 Å². The Balaban J connectivity index is 2.38. The van der Waals surface area contributed by atoms with Crippen molar-refractivity contribution in [3.05, 3.63) is 5.69 Å². The number of amides is 2. The van der Waals surface area contributed by atoms with Crippen LogP contribution in [0.15, 0.2) is 0 Å². The van der Waals surface area contributed by atoms with E-state index < -0.39 is 16.1 Å². The van der Waals surface area contributed by atoms with Crippen LogP contribution in [0.3, 0.4) is 0 Å². The van der Waals surface area contributed by atoms with Gasteiger partial charge in [-0.2, -0.15) is 0 Å². The lowest BCUT2D eigenvalue weighted by Gasteiger charge is -2.18. The summed E-state index contributed by atoms with van der Waals surface area (Å²) >= 11 is 0. The molecule has 0 aliphatic carbocycles. The number of carbonyl (C=O) groups excluding carboxylic acids is 2. The molecular weight excluding hydrogens is 274 g/mol. The third-order valence-electron chi connectivity index (χ3n) is 4.23. The molecule has 0 aromatic carbocycles. The molecule has 0 atom stereocenters. The first kappa shape index (κ1) is 12.6. The van der Waals surface area contributed by atoms with Crippen molar-refractivity contribution in [2.24, 2.45) is 0 Å². The van der Waals surface area contributed by atoms with Gasteiger partial charge in [0.2, 0.25) is 11.1 Å². The molecule has 0 bridgehead atoms. The standard InChI is InChI=1S/C12H17N3O2Si2/c1-6-8-7(14-11(16)18(8,2)3)9-10(13-6)15-12(17)19(9,4)5/h1-5H3,(H,14,16)(H,13,15,17). The average molecular weight is 291 g/mol. The van der Waals surface area contributed by atoms with E-state index in [4.69, 9.17) is 0 Å². The first-order valence-electron chi connectivity index (χ1n) is 6.36. The van der Waals surface area contributed by atoms with Gasteiger partial charge in [0.25, 0.3) is 0 Å². The first-order chi connectivity index (χ1) is 8.67. The van der Waals surface area contributed by atoms with Crippen molar-refractivity contribution >= 4 is 49.1 Å². The normalized spacial score (nSPS) is 21.7. The quantitative estimate of drug-likeness (QED) is 0.711. The van der Waals surface area contributed by atoms with E-state index in [0.717, 1.165) is 21.8 Å². The zero-order valence-corrected chi connectivity index (χ0v) is 13.8. The van der Waals surface area contributed by atoms with Gasteiger partial charge in [0, 0.05) is 16.6 Å². The molecule has 0 radical (unpaired) electrons. The Labute approximate surface area is 113 Å². The molecule has 7 heteroatoms. The Morgan fingerprint density at radius 2 is 1.42 bits per heavy atom. The molecule has 3 heterocycles. The van der Waals surface area contributed by atoms with Crippen LogP contribution >= 0.6 is 0 Å². The zero-order valence-electron chi connectivity index (χ0n) is 11.8. The van der Waals surface area contributed by atoms with E-state index in [-0.39, 0.29) is 11.1 Å². The number of aryl methyl sites for hydroxylation is 1. The Kier molecular flexibility index (Phi) is 2.21. The second-order valence-corrected chi connectivity index (χ2v) is 14.7. The fraction of sp³-hybridized carbons (Fsp3) is 0.417. The average Bonchev–Trinajstić information content (AvgIpc) is 2.61. The van der Waals surface area contributed by atoms with Crippen molar-refractivity contribution in [3.8, 4) is 0 Å². The summed E-state index contributed by atoms with van der Waals surface area (Å²) in [6.07, 6.45) is 0. The Hall–Kier alpha value is -1.48. The maximum atomic E-state index is 12.2. The number of nitrogens with zero attached hydrogens (tertiary/aromatic N) is 1. The van der Waals surface area contributed by atoms with E-state index in [1.165, 1.54) is 0 Å². The molecule has 2 N–H and O–H groups in total. The molecule has 5 nitrogen and oxygen atoms in total. The predicted molar refractivity (Wildman–Crippen MR) is 81.2 cm³/mol. The number of anilines is 2. The molecular formula is C12H17N3O2Si2. The smallest absolute Gasteiger partial charge is 0.202 e. The van der Waals surface area contributed by atoms with Gasteiger partial charge < -0.3 is 10.6 Å². The number of nitrogens with one attached hydrogen (secondary N) is 2. The molecule has 0 unspecified atom stereocenters. The Morgan fingerprint density at radius 3 is 2.05 bits per heavy atom. The molecule has 2 aliphatic heterocycles. The monoisotopic (exact) mass is 291 g/mol. The minimum absolute atomic E-state index is 0.0726. The summed E-state index contributed by atoms with van der Waals surface area (Å²) in [6, 6.07) is 0. The molecule has 100 valence electrons. The fourth-order valence-electron chi connectivity index (χ4n) is 3.05. The van der Waals surface area contributed by atoms with Crippen molar-refractivity contribution < 1.29 is 9.59 Å². The number of carbonyl (C=O) groups is 2. The third-order valence-corrected chi connectivity index (χ3v) is 10.4. The summed E-state index contributed by atoms with van der Waals surface area (Å²) in [4.78, 5) is 28.9. The van der Waals surface area contributed by atoms with Gasteiger partial charge in [0.05, 0.1) is 0 Å². The lowest BCUT2D eigenvalue weighted by atomic mass is 10.3. The minimum Gasteiger partial charge on any atom is -0.330 e. The van der Waals surface area contributed by atoms with Gasteiger partial charge in [-0.1, -0.05) is 26.2 Å². The summed E-state index contributed by atoms with van der Waals surface area (Å²) < 4.78 is 0. The highest BCUT2D eigenvalue weighted by atomic mass is 28.3. The van der Waals surface area contributed by atoms with Crippen LogP contribution < -0.4 is 21.0 Å². The van der Waals surface area contributed by atoms with Gasteiger partial charge in [0.15, 0.2) is 16.1 Å². The Bertz CT molecular complexity index is 653. The fourth-order valence-corrected chi connectivity index (χ4v) is 7.80. The molecule has 0 spiro atoms. The lowest BCUT2D eigenvalue weighted by molar-refractivity contribution is 0.267. The van der Waals surface area contributed by atoms with Gasteiger partial charge >= 0.3 is 0 Å². The summed E-state index contributed by atoms with van der Waals surface area (Å²) in [6.45, 7) is 10.0. The number of aromatic nitrogens is 1. The maximum Gasteiger partial charge on any atom is 0.202 e. The summed E-state index contributed by atoms with van der Waals surface area (Å²) in [7, 11) is -4.41. The highest BCUT2D eigenvalue weighted by Crippen LogP contribution is 2.30. The van der Waals surface area contributed by atoms with Gasteiger partial charge in [-0.15, -0.1) is 0 Å². The predicted octanol–water partition coefficient (Wildman–Crippen LogP) is 1.48. The number of hydrogen-bond donors (Lipinski definition) is 2. The van der Waals surface area contributed by atoms with E-state index in [1.807, 2.05) is 33.1 Å². The first-order valence-corrected chi connectivity index (χ1v) is 12.4. The second kappa shape index (κ2) is 3.34. The van der Waals surface area contributed by atoms with Gasteiger partial charge in [-0.25, -0.2) is 4.98 Å². The second-order valence-electron chi connectivity index (χ2n) is 6.33. The van der Waals surface area contributed by atoms with Gasteiger partial charge in [-0.3, -0.25) is 9.59 Å². The van der Waals surface area contributed by atoms with E-state index in [9.17, 15) is 9.59 Å². The van der Waals surface area contributed by atoms with Crippen LogP contribution in [0.2, 0.25) is 26.2 Å². The number of fused-ring (bicyclic) bond motifs is 3. The van der Waals surface area contributed by atoms with E-state index in [2.05, 4.69) is 15.6 Å². The maximum absolute atomic E-state index is 12.2. The lowest BCUT2D eigenvalue weighted by Crippen LogP contribution is -2.49. The molecule has 0 saturated heterocycles. The van der Waals surface area contributed by atoms with E-state index in [0.29, 0.717) is 5.82 Å². The summed E-state index contributed by atoms with van der Waals surface area (Å²) in [5.41, 5.74) is 1.95. The largest absolute Gasteiger partial charge is 0.330 e. The van der Waals surface area contributed by atoms with Crippen molar-refractivity contribution in [3.63, 3.8) is 0 Å². The van der Waals surface area contributed by atoms with Gasteiger partial charge in [-0.05, 0) is 12.1 Å². The Morgan fingerprint density at radius 1 is 0.895 bits per heavy atom. The van der Waals surface area contributed by atoms with Crippen molar-refractivity contribution in [2.45, 2.75) is 33.1 Å². The molecule has 0 fully saturated rings. The van der Waals surface area contributed by atoms with E-state index >= 15 is 0 Å². The molecule has 0 saturated carbocycles. The van der Waals surface area contributed by atoms with E-state index in [1.54, 1.807) is 0 Å². The number of pyridine rings is 1. The van der Waals surface area contributed by atoms with Crippen LogP contribution in [0.4, 0.5) is 21.1 Å².